The van der Waals surface area contributed by atoms with Gasteiger partial charge in [0.2, 0.25) is 0 Å². The molecule has 0 fully saturated rings. The highest BCUT2D eigenvalue weighted by atomic mass is 16.5. The lowest BCUT2D eigenvalue weighted by Gasteiger charge is -2.06. The molecule has 0 heterocycles. The molecule has 0 radical (unpaired) electrons. The van der Waals surface area contributed by atoms with E-state index in [-0.39, 0.29) is 18.8 Å². The Morgan fingerprint density at radius 1 is 1.47 bits per heavy atom. The Kier molecular flexibility index (Phi) is 3.87. The molecule has 0 aromatic heterocycles. The average Bonchev–Trinajstić information content (AvgIpc) is 2.19. The zero-order chi connectivity index (χ0) is 11.3. The molecule has 0 saturated carbocycles. The highest BCUT2D eigenvalue weighted by molar-refractivity contribution is 5.73. The van der Waals surface area contributed by atoms with Crippen LogP contribution in [0.1, 0.15) is 24.0 Å². The molecule has 0 atom stereocenters. The van der Waals surface area contributed by atoms with Crippen molar-refractivity contribution in [2.75, 3.05) is 0 Å². The van der Waals surface area contributed by atoms with Crippen molar-refractivity contribution in [1.29, 1.82) is 5.26 Å². The predicted molar refractivity (Wildman–Crippen MR) is 56.4 cm³/mol. The van der Waals surface area contributed by atoms with Crippen LogP contribution in [0.2, 0.25) is 0 Å². The zero-order valence-electron chi connectivity index (χ0n) is 8.91. The summed E-state index contributed by atoms with van der Waals surface area (Å²) < 4.78 is 5.11. The molecule has 0 aliphatic carbocycles. The van der Waals surface area contributed by atoms with Crippen molar-refractivity contribution in [2.45, 2.75) is 26.7 Å². The number of ether oxygens (including phenoxy) is 1. The van der Waals surface area contributed by atoms with Crippen molar-refractivity contribution in [3.63, 3.8) is 0 Å². The van der Waals surface area contributed by atoms with Crippen LogP contribution in [-0.4, -0.2) is 5.97 Å². The first kappa shape index (κ1) is 11.3. The molecule has 0 spiro atoms. The number of nitriles is 1. The molecule has 0 amide bonds. The van der Waals surface area contributed by atoms with E-state index in [0.717, 1.165) is 11.1 Å². The van der Waals surface area contributed by atoms with E-state index in [9.17, 15) is 4.79 Å². The second-order valence-corrected chi connectivity index (χ2v) is 3.40. The number of hydrogen-bond donors (Lipinski definition) is 0. The zero-order valence-corrected chi connectivity index (χ0v) is 8.91. The summed E-state index contributed by atoms with van der Waals surface area (Å²) in [6.07, 6.45) is 0.341. The summed E-state index contributed by atoms with van der Waals surface area (Å²) in [7, 11) is 0. The Balaban J connectivity index is 2.65. The first-order valence-corrected chi connectivity index (χ1v) is 4.78. The number of carbonyl (C=O) groups is 1. The molecular formula is C12H13NO2. The van der Waals surface area contributed by atoms with Gasteiger partial charge < -0.3 is 4.74 Å². The molecule has 0 bridgehead atoms. The summed E-state index contributed by atoms with van der Waals surface area (Å²) in [5, 5.41) is 8.31. The maximum absolute atomic E-state index is 11.2. The maximum atomic E-state index is 11.2. The van der Waals surface area contributed by atoms with Gasteiger partial charge >= 0.3 is 5.97 Å². The quantitative estimate of drug-likeness (QED) is 0.560. The summed E-state index contributed by atoms with van der Waals surface area (Å²) in [5.41, 5.74) is 2.06. The van der Waals surface area contributed by atoms with E-state index in [2.05, 4.69) is 0 Å². The molecular weight excluding hydrogens is 190 g/mol. The van der Waals surface area contributed by atoms with Crippen LogP contribution < -0.4 is 4.74 Å². The first-order chi connectivity index (χ1) is 7.13. The second-order valence-electron chi connectivity index (χ2n) is 3.40. The largest absolute Gasteiger partial charge is 0.426 e. The van der Waals surface area contributed by atoms with Gasteiger partial charge in [-0.3, -0.25) is 4.79 Å². The van der Waals surface area contributed by atoms with E-state index in [1.165, 1.54) is 0 Å². The molecule has 1 aromatic carbocycles. The molecule has 0 aliphatic heterocycles. The van der Waals surface area contributed by atoms with Crippen LogP contribution in [0.5, 0.6) is 5.75 Å². The fourth-order valence-corrected chi connectivity index (χ4v) is 1.25. The minimum atomic E-state index is -0.358. The molecule has 0 unspecified atom stereocenters. The van der Waals surface area contributed by atoms with Crippen molar-refractivity contribution in [1.82, 2.24) is 0 Å². The van der Waals surface area contributed by atoms with Crippen LogP contribution >= 0.6 is 0 Å². The Bertz CT molecular complexity index is 405. The second kappa shape index (κ2) is 5.16. The number of carbonyl (C=O) groups excluding carboxylic acids is 1. The standard InChI is InChI=1S/C12H13NO2/c1-9-5-6-11(10(2)8-9)15-12(14)4-3-7-13/h5-6,8H,3-4H2,1-2H3. The highest BCUT2D eigenvalue weighted by Gasteiger charge is 2.06. The number of rotatable bonds is 3. The first-order valence-electron chi connectivity index (χ1n) is 4.78. The Labute approximate surface area is 89.3 Å². The molecule has 78 valence electrons. The highest BCUT2D eigenvalue weighted by Crippen LogP contribution is 2.19. The van der Waals surface area contributed by atoms with E-state index >= 15 is 0 Å². The van der Waals surface area contributed by atoms with Crippen LogP contribution in [0, 0.1) is 25.2 Å². The lowest BCUT2D eigenvalue weighted by atomic mass is 10.1. The number of esters is 1. The molecule has 3 nitrogen and oxygen atoms in total. The third kappa shape index (κ3) is 3.43. The lowest BCUT2D eigenvalue weighted by Crippen LogP contribution is -2.08. The third-order valence-corrected chi connectivity index (χ3v) is 2.00. The molecule has 1 aromatic rings. The van der Waals surface area contributed by atoms with Gasteiger partial charge in [-0.15, -0.1) is 0 Å². The maximum Gasteiger partial charge on any atom is 0.312 e. The summed E-state index contributed by atoms with van der Waals surface area (Å²) in [5.74, 6) is 0.215. The van der Waals surface area contributed by atoms with E-state index in [0.29, 0.717) is 5.75 Å². The van der Waals surface area contributed by atoms with Crippen molar-refractivity contribution in [3.05, 3.63) is 29.3 Å². The van der Waals surface area contributed by atoms with Gasteiger partial charge in [0.25, 0.3) is 0 Å². The van der Waals surface area contributed by atoms with Crippen LogP contribution in [0.15, 0.2) is 18.2 Å². The summed E-state index contributed by atoms with van der Waals surface area (Å²) in [6.45, 7) is 3.87. The predicted octanol–water partition coefficient (Wildman–Crippen LogP) is 2.51. The van der Waals surface area contributed by atoms with Crippen LogP contribution in [-0.2, 0) is 4.79 Å². The molecule has 0 aliphatic rings. The summed E-state index contributed by atoms with van der Waals surface area (Å²) in [4.78, 5) is 11.2. The van der Waals surface area contributed by atoms with Crippen molar-refractivity contribution < 1.29 is 9.53 Å². The topological polar surface area (TPSA) is 50.1 Å². The van der Waals surface area contributed by atoms with Crippen LogP contribution in [0.4, 0.5) is 0 Å². The minimum absolute atomic E-state index is 0.143. The van der Waals surface area contributed by atoms with Crippen LogP contribution in [0.25, 0.3) is 0 Å². The lowest BCUT2D eigenvalue weighted by molar-refractivity contribution is -0.134. The van der Waals surface area contributed by atoms with E-state index < -0.39 is 0 Å². The fourth-order valence-electron chi connectivity index (χ4n) is 1.25. The number of nitrogens with zero attached hydrogens (tertiary/aromatic N) is 1. The van der Waals surface area contributed by atoms with E-state index in [4.69, 9.17) is 10.00 Å². The van der Waals surface area contributed by atoms with Gasteiger partial charge in [0, 0.05) is 6.42 Å². The normalized spacial score (nSPS) is 9.40. The van der Waals surface area contributed by atoms with Gasteiger partial charge in [-0.1, -0.05) is 17.7 Å². The van der Waals surface area contributed by atoms with E-state index in [1.807, 2.05) is 32.0 Å². The minimum Gasteiger partial charge on any atom is -0.426 e. The van der Waals surface area contributed by atoms with Gasteiger partial charge in [0.15, 0.2) is 0 Å². The van der Waals surface area contributed by atoms with Gasteiger partial charge in [-0.2, -0.15) is 5.26 Å². The van der Waals surface area contributed by atoms with Crippen LogP contribution in [0.3, 0.4) is 0 Å². The van der Waals surface area contributed by atoms with Gasteiger partial charge in [-0.05, 0) is 25.5 Å². The average molecular weight is 203 g/mol. The van der Waals surface area contributed by atoms with E-state index in [1.54, 1.807) is 6.07 Å². The van der Waals surface area contributed by atoms with Crippen molar-refractivity contribution in [2.24, 2.45) is 0 Å². The number of benzene rings is 1. The summed E-state index contributed by atoms with van der Waals surface area (Å²) >= 11 is 0. The Morgan fingerprint density at radius 2 is 2.20 bits per heavy atom. The van der Waals surface area contributed by atoms with Crippen molar-refractivity contribution in [3.8, 4) is 11.8 Å². The summed E-state index contributed by atoms with van der Waals surface area (Å²) in [6, 6.07) is 7.52. The molecule has 0 saturated heterocycles. The SMILES string of the molecule is Cc1ccc(OC(=O)CCC#N)c(C)c1. The Morgan fingerprint density at radius 3 is 2.80 bits per heavy atom. The monoisotopic (exact) mass is 203 g/mol. The molecule has 15 heavy (non-hydrogen) atoms. The van der Waals surface area contributed by atoms with Gasteiger partial charge in [-0.25, -0.2) is 0 Å². The number of aryl methyl sites for hydroxylation is 2. The Hall–Kier alpha value is -1.82. The van der Waals surface area contributed by atoms with Gasteiger partial charge in [0.1, 0.15) is 5.75 Å². The molecule has 1 rings (SSSR count). The van der Waals surface area contributed by atoms with Crippen molar-refractivity contribution >= 4 is 5.97 Å². The van der Waals surface area contributed by atoms with Gasteiger partial charge in [0.05, 0.1) is 12.5 Å². The fraction of sp³-hybridized carbons (Fsp3) is 0.333. The smallest absolute Gasteiger partial charge is 0.312 e. The third-order valence-electron chi connectivity index (χ3n) is 2.00. The molecule has 0 N–H and O–H groups in total. The molecule has 3 heteroatoms. The number of hydrogen-bond acceptors (Lipinski definition) is 3.